The van der Waals surface area contributed by atoms with Crippen molar-refractivity contribution in [2.45, 2.75) is 45.6 Å². The van der Waals surface area contributed by atoms with Gasteiger partial charge >= 0.3 is 12.1 Å². The van der Waals surface area contributed by atoms with Gasteiger partial charge in [-0.1, -0.05) is 19.8 Å². The minimum atomic E-state index is -1.41. The summed E-state index contributed by atoms with van der Waals surface area (Å²) in [7, 11) is 0. The van der Waals surface area contributed by atoms with E-state index in [2.05, 4.69) is 11.7 Å². The average molecular weight is 228 g/mol. The highest BCUT2D eigenvalue weighted by Gasteiger charge is 2.34. The Morgan fingerprint density at radius 3 is 2.75 bits per heavy atom. The van der Waals surface area contributed by atoms with Gasteiger partial charge in [0.15, 0.2) is 11.9 Å². The summed E-state index contributed by atoms with van der Waals surface area (Å²) >= 11 is 0. The molecule has 0 saturated heterocycles. The lowest BCUT2D eigenvalue weighted by Gasteiger charge is -2.12. The number of carbonyl (C=O) groups is 2. The van der Waals surface area contributed by atoms with Gasteiger partial charge in [-0.2, -0.15) is 0 Å². The number of rotatable bonds is 5. The summed E-state index contributed by atoms with van der Waals surface area (Å²) in [6.45, 7) is 3.58. The van der Waals surface area contributed by atoms with E-state index in [-0.39, 0.29) is 11.3 Å². The summed E-state index contributed by atoms with van der Waals surface area (Å²) in [5.41, 5.74) is 0.254. The van der Waals surface area contributed by atoms with E-state index in [0.29, 0.717) is 6.42 Å². The first-order valence-corrected chi connectivity index (χ1v) is 5.38. The molecule has 0 saturated carbocycles. The molecule has 0 bridgehead atoms. The summed E-state index contributed by atoms with van der Waals surface area (Å²) in [5.74, 6) is -0.341. The van der Waals surface area contributed by atoms with Crippen LogP contribution in [0.2, 0.25) is 0 Å². The van der Waals surface area contributed by atoms with Crippen LogP contribution < -0.4 is 0 Å². The van der Waals surface area contributed by atoms with Crippen molar-refractivity contribution in [1.29, 1.82) is 0 Å². The number of carbonyl (C=O) groups excluding carboxylic acids is 1. The third kappa shape index (κ3) is 2.98. The minimum absolute atomic E-state index is 0.147. The van der Waals surface area contributed by atoms with Gasteiger partial charge in [0.25, 0.3) is 0 Å². The summed E-state index contributed by atoms with van der Waals surface area (Å²) in [5, 5.41) is 8.54. The second-order valence-corrected chi connectivity index (χ2v) is 3.75. The molecule has 5 heteroatoms. The zero-order valence-electron chi connectivity index (χ0n) is 9.49. The number of hydrogen-bond donors (Lipinski definition) is 1. The molecule has 0 fully saturated rings. The SMILES string of the molecule is CCCCCC1OC(=O)C(C)=C1OC(=O)O. The fourth-order valence-corrected chi connectivity index (χ4v) is 1.62. The Bertz CT molecular complexity index is 318. The molecule has 90 valence electrons. The highest BCUT2D eigenvalue weighted by Crippen LogP contribution is 2.27. The first kappa shape index (κ1) is 12.5. The molecule has 1 N–H and O–H groups in total. The Hall–Kier alpha value is -1.52. The van der Waals surface area contributed by atoms with Gasteiger partial charge in [-0.25, -0.2) is 9.59 Å². The first-order chi connectivity index (χ1) is 7.56. The fourth-order valence-electron chi connectivity index (χ4n) is 1.62. The predicted molar refractivity (Wildman–Crippen MR) is 55.8 cm³/mol. The zero-order valence-corrected chi connectivity index (χ0v) is 9.49. The molecule has 5 nitrogen and oxygen atoms in total. The van der Waals surface area contributed by atoms with Gasteiger partial charge in [0, 0.05) is 0 Å². The van der Waals surface area contributed by atoms with E-state index in [4.69, 9.17) is 9.84 Å². The molecule has 1 unspecified atom stereocenters. The van der Waals surface area contributed by atoms with Gasteiger partial charge in [0.2, 0.25) is 0 Å². The monoisotopic (exact) mass is 228 g/mol. The van der Waals surface area contributed by atoms with Crippen molar-refractivity contribution in [3.63, 3.8) is 0 Å². The number of ether oxygens (including phenoxy) is 2. The molecule has 1 rings (SSSR count). The molecule has 0 aromatic heterocycles. The van der Waals surface area contributed by atoms with E-state index < -0.39 is 18.2 Å². The first-order valence-electron chi connectivity index (χ1n) is 5.38. The Morgan fingerprint density at radius 1 is 1.50 bits per heavy atom. The predicted octanol–water partition coefficient (Wildman–Crippen LogP) is 2.46. The van der Waals surface area contributed by atoms with Gasteiger partial charge in [-0.05, 0) is 19.8 Å². The van der Waals surface area contributed by atoms with Gasteiger partial charge in [-0.15, -0.1) is 0 Å². The van der Waals surface area contributed by atoms with Gasteiger partial charge in [0.1, 0.15) is 0 Å². The Morgan fingerprint density at radius 2 is 2.19 bits per heavy atom. The molecule has 1 aliphatic rings. The van der Waals surface area contributed by atoms with Crippen molar-refractivity contribution in [3.05, 3.63) is 11.3 Å². The maximum absolute atomic E-state index is 11.3. The van der Waals surface area contributed by atoms with Crippen molar-refractivity contribution in [1.82, 2.24) is 0 Å². The van der Waals surface area contributed by atoms with E-state index in [9.17, 15) is 9.59 Å². The minimum Gasteiger partial charge on any atom is -0.451 e. The smallest absolute Gasteiger partial charge is 0.451 e. The number of carboxylic acid groups (broad SMARTS) is 1. The van der Waals surface area contributed by atoms with Gasteiger partial charge < -0.3 is 14.6 Å². The molecule has 0 aliphatic carbocycles. The molecule has 1 atom stereocenters. The van der Waals surface area contributed by atoms with Crippen molar-refractivity contribution in [3.8, 4) is 0 Å². The maximum atomic E-state index is 11.3. The van der Waals surface area contributed by atoms with Crippen LogP contribution >= 0.6 is 0 Å². The second-order valence-electron chi connectivity index (χ2n) is 3.75. The van der Waals surface area contributed by atoms with Crippen LogP contribution in [0.15, 0.2) is 11.3 Å². The lowest BCUT2D eigenvalue weighted by atomic mass is 10.1. The van der Waals surface area contributed by atoms with Crippen LogP contribution in [0.3, 0.4) is 0 Å². The number of hydrogen-bond acceptors (Lipinski definition) is 4. The van der Waals surface area contributed by atoms with Gasteiger partial charge in [0.05, 0.1) is 5.57 Å². The molecule has 0 radical (unpaired) electrons. The molecular weight excluding hydrogens is 212 g/mol. The van der Waals surface area contributed by atoms with E-state index in [1.165, 1.54) is 6.92 Å². The molecule has 16 heavy (non-hydrogen) atoms. The van der Waals surface area contributed by atoms with E-state index in [1.54, 1.807) is 0 Å². The van der Waals surface area contributed by atoms with Crippen LogP contribution in [0.5, 0.6) is 0 Å². The third-order valence-corrected chi connectivity index (χ3v) is 2.48. The fraction of sp³-hybridized carbons (Fsp3) is 0.636. The highest BCUT2D eigenvalue weighted by atomic mass is 16.7. The standard InChI is InChI=1S/C11H16O5/c1-3-4-5-6-8-9(16-11(13)14)7(2)10(12)15-8/h8H,3-6H2,1-2H3,(H,13,14). The van der Waals surface area contributed by atoms with E-state index in [0.717, 1.165) is 19.3 Å². The second kappa shape index (κ2) is 5.53. The topological polar surface area (TPSA) is 72.8 Å². The lowest BCUT2D eigenvalue weighted by Crippen LogP contribution is -2.15. The lowest BCUT2D eigenvalue weighted by molar-refractivity contribution is -0.140. The van der Waals surface area contributed by atoms with Crippen LogP contribution in [0.4, 0.5) is 4.79 Å². The third-order valence-electron chi connectivity index (χ3n) is 2.48. The average Bonchev–Trinajstić information content (AvgIpc) is 2.46. The summed E-state index contributed by atoms with van der Waals surface area (Å²) < 4.78 is 9.62. The highest BCUT2D eigenvalue weighted by molar-refractivity contribution is 5.91. The van der Waals surface area contributed by atoms with Crippen LogP contribution in [0, 0.1) is 0 Å². The normalized spacial score (nSPS) is 19.9. The Labute approximate surface area is 94.0 Å². The maximum Gasteiger partial charge on any atom is 0.511 e. The number of esters is 1. The molecule has 0 aromatic carbocycles. The van der Waals surface area contributed by atoms with Crippen LogP contribution in [0.1, 0.15) is 39.5 Å². The van der Waals surface area contributed by atoms with Crippen molar-refractivity contribution < 1.29 is 24.2 Å². The van der Waals surface area contributed by atoms with Crippen LogP contribution in [-0.4, -0.2) is 23.3 Å². The number of cyclic esters (lactones) is 1. The van der Waals surface area contributed by atoms with Crippen LogP contribution in [0.25, 0.3) is 0 Å². The largest absolute Gasteiger partial charge is 0.511 e. The summed E-state index contributed by atoms with van der Waals surface area (Å²) in [4.78, 5) is 21.7. The molecule has 1 aliphatic heterocycles. The van der Waals surface area contributed by atoms with Crippen molar-refractivity contribution in [2.24, 2.45) is 0 Å². The van der Waals surface area contributed by atoms with Crippen molar-refractivity contribution >= 4 is 12.1 Å². The summed E-state index contributed by atoms with van der Waals surface area (Å²) in [6, 6.07) is 0. The van der Waals surface area contributed by atoms with Gasteiger partial charge in [-0.3, -0.25) is 0 Å². The summed E-state index contributed by atoms with van der Waals surface area (Å²) in [6.07, 6.45) is 1.63. The molecule has 1 heterocycles. The molecule has 0 spiro atoms. The Balaban J connectivity index is 2.63. The molecule has 0 aromatic rings. The zero-order chi connectivity index (χ0) is 12.1. The van der Waals surface area contributed by atoms with E-state index in [1.807, 2.05) is 0 Å². The van der Waals surface area contributed by atoms with Crippen LogP contribution in [-0.2, 0) is 14.3 Å². The Kier molecular flexibility index (Phi) is 4.34. The van der Waals surface area contributed by atoms with E-state index >= 15 is 0 Å². The molecular formula is C11H16O5. The number of unbranched alkanes of at least 4 members (excludes halogenated alkanes) is 2. The van der Waals surface area contributed by atoms with Crippen molar-refractivity contribution in [2.75, 3.05) is 0 Å². The quantitative estimate of drug-likeness (QED) is 0.578. The molecule has 0 amide bonds.